The molecule has 1 aliphatic rings. The Morgan fingerprint density at radius 3 is 2.24 bits per heavy atom. The number of benzene rings is 2. The van der Waals surface area contributed by atoms with E-state index in [1.165, 1.54) is 12.1 Å². The average molecular weight is 419 g/mol. The van der Waals surface area contributed by atoms with Crippen LogP contribution in [0.15, 0.2) is 48.5 Å². The van der Waals surface area contributed by atoms with Gasteiger partial charge in [0.2, 0.25) is 0 Å². The normalized spacial score (nSPS) is 14.5. The SMILES string of the molecule is O=C(NCCCN1CCN(c2ccc(F)cc2)CC1)C(=O)Nc1ccc(Cl)cc1. The number of anilines is 2. The van der Waals surface area contributed by atoms with Gasteiger partial charge in [0.05, 0.1) is 0 Å². The number of hydrogen-bond donors (Lipinski definition) is 2. The molecule has 0 saturated carbocycles. The summed E-state index contributed by atoms with van der Waals surface area (Å²) in [6, 6.07) is 13.1. The summed E-state index contributed by atoms with van der Waals surface area (Å²) in [6.07, 6.45) is 0.760. The van der Waals surface area contributed by atoms with Crippen LogP contribution in [0.3, 0.4) is 0 Å². The van der Waals surface area contributed by atoms with Gasteiger partial charge >= 0.3 is 11.8 Å². The number of carbonyl (C=O) groups excluding carboxylic acids is 2. The van der Waals surface area contributed by atoms with Crippen LogP contribution >= 0.6 is 11.6 Å². The first-order chi connectivity index (χ1) is 14.0. The fourth-order valence-corrected chi connectivity index (χ4v) is 3.31. The van der Waals surface area contributed by atoms with Crippen LogP contribution in [0.4, 0.5) is 15.8 Å². The molecular formula is C21H24ClFN4O2. The van der Waals surface area contributed by atoms with E-state index in [-0.39, 0.29) is 5.82 Å². The van der Waals surface area contributed by atoms with Crippen molar-refractivity contribution < 1.29 is 14.0 Å². The highest BCUT2D eigenvalue weighted by molar-refractivity contribution is 6.39. The van der Waals surface area contributed by atoms with Gasteiger partial charge in [-0.3, -0.25) is 14.5 Å². The van der Waals surface area contributed by atoms with Crippen LogP contribution < -0.4 is 15.5 Å². The Kier molecular flexibility index (Phi) is 7.43. The zero-order valence-electron chi connectivity index (χ0n) is 16.0. The molecule has 154 valence electrons. The molecule has 2 amide bonds. The Morgan fingerprint density at radius 2 is 1.59 bits per heavy atom. The van der Waals surface area contributed by atoms with E-state index in [1.807, 2.05) is 0 Å². The van der Waals surface area contributed by atoms with Gasteiger partial charge in [-0.15, -0.1) is 0 Å². The number of piperazine rings is 1. The zero-order chi connectivity index (χ0) is 20.6. The summed E-state index contributed by atoms with van der Waals surface area (Å²) in [5, 5.41) is 5.74. The molecule has 2 N–H and O–H groups in total. The van der Waals surface area contributed by atoms with E-state index in [1.54, 1.807) is 36.4 Å². The van der Waals surface area contributed by atoms with Crippen LogP contribution in [-0.2, 0) is 9.59 Å². The molecule has 29 heavy (non-hydrogen) atoms. The predicted octanol–water partition coefficient (Wildman–Crippen LogP) is 2.75. The molecule has 8 heteroatoms. The third-order valence-electron chi connectivity index (χ3n) is 4.81. The number of nitrogens with zero attached hydrogens (tertiary/aromatic N) is 2. The van der Waals surface area contributed by atoms with Crippen LogP contribution in [0.5, 0.6) is 0 Å². The molecule has 1 saturated heterocycles. The molecule has 0 bridgehead atoms. The second-order valence-corrected chi connectivity index (χ2v) is 7.31. The van der Waals surface area contributed by atoms with E-state index in [4.69, 9.17) is 11.6 Å². The van der Waals surface area contributed by atoms with Crippen molar-refractivity contribution in [2.24, 2.45) is 0 Å². The molecule has 0 unspecified atom stereocenters. The summed E-state index contributed by atoms with van der Waals surface area (Å²) in [4.78, 5) is 28.3. The first kappa shape index (κ1) is 21.1. The Bertz CT molecular complexity index is 822. The van der Waals surface area contributed by atoms with Gasteiger partial charge in [-0.1, -0.05) is 11.6 Å². The van der Waals surface area contributed by atoms with Crippen molar-refractivity contribution in [2.45, 2.75) is 6.42 Å². The van der Waals surface area contributed by atoms with E-state index >= 15 is 0 Å². The predicted molar refractivity (Wildman–Crippen MR) is 113 cm³/mol. The molecule has 0 aliphatic carbocycles. The van der Waals surface area contributed by atoms with Gasteiger partial charge in [0, 0.05) is 49.1 Å². The minimum Gasteiger partial charge on any atom is -0.369 e. The highest BCUT2D eigenvalue weighted by atomic mass is 35.5. The van der Waals surface area contributed by atoms with Crippen LogP contribution in [0, 0.1) is 5.82 Å². The molecule has 1 fully saturated rings. The maximum Gasteiger partial charge on any atom is 0.313 e. The first-order valence-corrected chi connectivity index (χ1v) is 9.97. The van der Waals surface area contributed by atoms with E-state index in [0.717, 1.165) is 44.8 Å². The quantitative estimate of drug-likeness (QED) is 0.559. The Morgan fingerprint density at radius 1 is 0.931 bits per heavy atom. The van der Waals surface area contributed by atoms with E-state index in [9.17, 15) is 14.0 Å². The molecule has 3 rings (SSSR count). The third-order valence-corrected chi connectivity index (χ3v) is 5.06. The zero-order valence-corrected chi connectivity index (χ0v) is 16.8. The lowest BCUT2D eigenvalue weighted by Crippen LogP contribution is -2.47. The van der Waals surface area contributed by atoms with E-state index < -0.39 is 11.8 Å². The molecule has 2 aromatic carbocycles. The number of nitrogens with one attached hydrogen (secondary N) is 2. The molecular weight excluding hydrogens is 395 g/mol. The van der Waals surface area contributed by atoms with Gasteiger partial charge in [0.1, 0.15) is 5.82 Å². The topological polar surface area (TPSA) is 64.7 Å². The molecule has 1 heterocycles. The van der Waals surface area contributed by atoms with E-state index in [2.05, 4.69) is 20.4 Å². The molecule has 2 aromatic rings. The fourth-order valence-electron chi connectivity index (χ4n) is 3.19. The number of carbonyl (C=O) groups is 2. The van der Waals surface area contributed by atoms with Crippen molar-refractivity contribution in [2.75, 3.05) is 49.5 Å². The van der Waals surface area contributed by atoms with Crippen molar-refractivity contribution in [1.82, 2.24) is 10.2 Å². The smallest absolute Gasteiger partial charge is 0.313 e. The largest absolute Gasteiger partial charge is 0.369 e. The summed E-state index contributed by atoms with van der Waals surface area (Å²) < 4.78 is 13.0. The van der Waals surface area contributed by atoms with Crippen LogP contribution in [0.25, 0.3) is 0 Å². The van der Waals surface area contributed by atoms with Gasteiger partial charge in [-0.05, 0) is 61.5 Å². The van der Waals surface area contributed by atoms with Gasteiger partial charge < -0.3 is 15.5 Å². The number of rotatable bonds is 6. The minimum atomic E-state index is -0.694. The van der Waals surface area contributed by atoms with E-state index in [0.29, 0.717) is 17.3 Å². The molecule has 0 aromatic heterocycles. The van der Waals surface area contributed by atoms with Gasteiger partial charge in [-0.2, -0.15) is 0 Å². The van der Waals surface area contributed by atoms with Gasteiger partial charge in [-0.25, -0.2) is 4.39 Å². The summed E-state index contributed by atoms with van der Waals surface area (Å²) in [5.74, 6) is -1.57. The van der Waals surface area contributed by atoms with Crippen molar-refractivity contribution in [3.63, 3.8) is 0 Å². The Balaban J connectivity index is 1.31. The highest BCUT2D eigenvalue weighted by Gasteiger charge is 2.17. The number of amides is 2. The average Bonchev–Trinajstić information content (AvgIpc) is 2.74. The monoisotopic (exact) mass is 418 g/mol. The summed E-state index contributed by atoms with van der Waals surface area (Å²) in [5.41, 5.74) is 1.55. The summed E-state index contributed by atoms with van der Waals surface area (Å²) >= 11 is 5.79. The summed E-state index contributed by atoms with van der Waals surface area (Å²) in [7, 11) is 0. The molecule has 6 nitrogen and oxygen atoms in total. The Labute approximate surface area is 174 Å². The number of halogens is 2. The summed E-state index contributed by atoms with van der Waals surface area (Å²) in [6.45, 7) is 4.84. The third kappa shape index (κ3) is 6.44. The first-order valence-electron chi connectivity index (χ1n) is 9.59. The molecule has 0 radical (unpaired) electrons. The van der Waals surface area contributed by atoms with Crippen molar-refractivity contribution in [3.05, 3.63) is 59.4 Å². The van der Waals surface area contributed by atoms with Gasteiger partial charge in [0.15, 0.2) is 0 Å². The molecule has 0 spiro atoms. The lowest BCUT2D eigenvalue weighted by molar-refractivity contribution is -0.136. The fraction of sp³-hybridized carbons (Fsp3) is 0.333. The lowest BCUT2D eigenvalue weighted by Gasteiger charge is -2.36. The second kappa shape index (κ2) is 10.2. The van der Waals surface area contributed by atoms with Crippen molar-refractivity contribution in [3.8, 4) is 0 Å². The van der Waals surface area contributed by atoms with Crippen molar-refractivity contribution in [1.29, 1.82) is 0 Å². The standard InChI is InChI=1S/C21H24ClFN4O2/c22-16-2-6-18(7-3-16)25-21(29)20(28)24-10-1-11-26-12-14-27(15-13-26)19-8-4-17(23)5-9-19/h2-9H,1,10-15H2,(H,24,28)(H,25,29). The van der Waals surface area contributed by atoms with Crippen LogP contribution in [-0.4, -0.2) is 56.0 Å². The van der Waals surface area contributed by atoms with Crippen LogP contribution in [0.2, 0.25) is 5.02 Å². The molecule has 0 atom stereocenters. The second-order valence-electron chi connectivity index (χ2n) is 6.88. The Hall–Kier alpha value is -2.64. The highest BCUT2D eigenvalue weighted by Crippen LogP contribution is 2.17. The number of hydrogen-bond acceptors (Lipinski definition) is 4. The lowest BCUT2D eigenvalue weighted by atomic mass is 10.2. The van der Waals surface area contributed by atoms with Crippen molar-refractivity contribution >= 4 is 34.8 Å². The van der Waals surface area contributed by atoms with Gasteiger partial charge in [0.25, 0.3) is 0 Å². The molecule has 1 aliphatic heterocycles. The van der Waals surface area contributed by atoms with Crippen LogP contribution in [0.1, 0.15) is 6.42 Å². The minimum absolute atomic E-state index is 0.226. The maximum absolute atomic E-state index is 13.0. The maximum atomic E-state index is 13.0.